The van der Waals surface area contributed by atoms with E-state index in [1.54, 1.807) is 0 Å². The van der Waals surface area contributed by atoms with E-state index in [1.165, 1.54) is 5.56 Å². The van der Waals surface area contributed by atoms with Gasteiger partial charge in [-0.1, -0.05) is 44.2 Å². The fourth-order valence-corrected chi connectivity index (χ4v) is 4.89. The summed E-state index contributed by atoms with van der Waals surface area (Å²) in [6, 6.07) is 14.6. The minimum atomic E-state index is -0.0204. The molecule has 0 unspecified atom stereocenters. The molecule has 31 heavy (non-hydrogen) atoms. The number of anilines is 1. The summed E-state index contributed by atoms with van der Waals surface area (Å²) < 4.78 is 5.49. The highest BCUT2D eigenvalue weighted by molar-refractivity contribution is 6.02. The van der Waals surface area contributed by atoms with Crippen molar-refractivity contribution < 1.29 is 9.53 Å². The SMILES string of the molecule is CC1(C)CC(=O)c2c([nH]c(-c3ccnc(N4CCOCC4)c3)c2Cc2ccccc2)C1. The van der Waals surface area contributed by atoms with Gasteiger partial charge < -0.3 is 14.6 Å². The van der Waals surface area contributed by atoms with Crippen molar-refractivity contribution in [3.05, 3.63) is 71.0 Å². The average Bonchev–Trinajstić information content (AvgIpc) is 3.12. The lowest BCUT2D eigenvalue weighted by Gasteiger charge is -2.28. The number of morpholine rings is 1. The lowest BCUT2D eigenvalue weighted by molar-refractivity contribution is 0.0911. The summed E-state index contributed by atoms with van der Waals surface area (Å²) in [5.74, 6) is 1.22. The summed E-state index contributed by atoms with van der Waals surface area (Å²) in [7, 11) is 0. The van der Waals surface area contributed by atoms with Gasteiger partial charge in [-0.05, 0) is 35.1 Å². The smallest absolute Gasteiger partial charge is 0.165 e. The predicted octanol–water partition coefficient (Wildman–Crippen LogP) is 4.66. The third kappa shape index (κ3) is 4.02. The topological polar surface area (TPSA) is 58.2 Å². The fourth-order valence-electron chi connectivity index (χ4n) is 4.89. The van der Waals surface area contributed by atoms with Crippen molar-refractivity contribution in [2.45, 2.75) is 33.1 Å². The molecule has 0 spiro atoms. The maximum absolute atomic E-state index is 13.2. The number of ether oxygens (including phenoxy) is 1. The van der Waals surface area contributed by atoms with E-state index in [1.807, 2.05) is 18.3 Å². The highest BCUT2D eigenvalue weighted by Gasteiger charge is 2.35. The summed E-state index contributed by atoms with van der Waals surface area (Å²) in [5, 5.41) is 0. The van der Waals surface area contributed by atoms with E-state index in [0.29, 0.717) is 6.42 Å². The zero-order chi connectivity index (χ0) is 21.4. The molecule has 1 aromatic carbocycles. The Labute approximate surface area is 183 Å². The van der Waals surface area contributed by atoms with Crippen molar-refractivity contribution in [1.29, 1.82) is 0 Å². The maximum atomic E-state index is 13.2. The Kier molecular flexibility index (Phi) is 5.14. The Morgan fingerprint density at radius 1 is 1.10 bits per heavy atom. The number of hydrogen-bond donors (Lipinski definition) is 1. The Morgan fingerprint density at radius 3 is 2.65 bits per heavy atom. The number of aromatic amines is 1. The number of carbonyl (C=O) groups excluding carboxylic acids is 1. The molecule has 1 aliphatic carbocycles. The highest BCUT2D eigenvalue weighted by Crippen LogP contribution is 2.40. The largest absolute Gasteiger partial charge is 0.378 e. The minimum absolute atomic E-state index is 0.0204. The number of Topliss-reactive ketones (excluding diaryl/α,β-unsaturated/α-hetero) is 1. The van der Waals surface area contributed by atoms with Crippen LogP contribution in [0.1, 0.15) is 47.4 Å². The zero-order valence-electron chi connectivity index (χ0n) is 18.3. The first-order chi connectivity index (χ1) is 15.0. The Hall–Kier alpha value is -2.92. The Bertz CT molecular complexity index is 1100. The van der Waals surface area contributed by atoms with Crippen LogP contribution in [0.25, 0.3) is 11.3 Å². The van der Waals surface area contributed by atoms with Gasteiger partial charge in [0, 0.05) is 48.9 Å². The number of carbonyl (C=O) groups is 1. The van der Waals surface area contributed by atoms with E-state index < -0.39 is 0 Å². The van der Waals surface area contributed by atoms with Crippen molar-refractivity contribution in [2.75, 3.05) is 31.2 Å². The number of aromatic nitrogens is 2. The second-order valence-electron chi connectivity index (χ2n) is 9.44. The van der Waals surface area contributed by atoms with Crippen LogP contribution in [0.3, 0.4) is 0 Å². The molecule has 0 bridgehead atoms. The molecular formula is C26H29N3O2. The molecule has 1 saturated heterocycles. The molecule has 3 aromatic rings. The third-order valence-electron chi connectivity index (χ3n) is 6.35. The van der Waals surface area contributed by atoms with Crippen LogP contribution < -0.4 is 4.90 Å². The molecule has 2 aromatic heterocycles. The molecule has 0 atom stereocenters. The molecule has 0 radical (unpaired) electrons. The normalized spacial score (nSPS) is 18.1. The summed E-state index contributed by atoms with van der Waals surface area (Å²) >= 11 is 0. The van der Waals surface area contributed by atoms with E-state index in [2.05, 4.69) is 59.0 Å². The molecule has 160 valence electrons. The van der Waals surface area contributed by atoms with Crippen LogP contribution in [0.4, 0.5) is 5.82 Å². The van der Waals surface area contributed by atoms with Gasteiger partial charge in [-0.3, -0.25) is 4.79 Å². The van der Waals surface area contributed by atoms with Crippen LogP contribution >= 0.6 is 0 Å². The molecule has 5 heteroatoms. The quantitative estimate of drug-likeness (QED) is 0.673. The number of hydrogen-bond acceptors (Lipinski definition) is 4. The van der Waals surface area contributed by atoms with E-state index in [0.717, 1.165) is 73.0 Å². The molecule has 1 aliphatic heterocycles. The molecule has 3 heterocycles. The first-order valence-electron chi connectivity index (χ1n) is 11.1. The number of H-pyrrole nitrogens is 1. The number of fused-ring (bicyclic) bond motifs is 1. The standard InChI is InChI=1S/C26H29N3O2/c1-26(2)16-21-24(22(30)17-26)20(14-18-6-4-3-5-7-18)25(28-21)19-8-9-27-23(15-19)29-10-12-31-13-11-29/h3-9,15,28H,10-14,16-17H2,1-2H3. The lowest BCUT2D eigenvalue weighted by atomic mass is 9.75. The van der Waals surface area contributed by atoms with E-state index in [-0.39, 0.29) is 11.2 Å². The van der Waals surface area contributed by atoms with Crippen molar-refractivity contribution in [1.82, 2.24) is 9.97 Å². The van der Waals surface area contributed by atoms with Crippen LogP contribution in [0.15, 0.2) is 48.7 Å². The molecular weight excluding hydrogens is 386 g/mol. The van der Waals surface area contributed by atoms with Crippen LogP contribution in [0.2, 0.25) is 0 Å². The van der Waals surface area contributed by atoms with Gasteiger partial charge in [0.1, 0.15) is 5.82 Å². The number of ketones is 1. The first-order valence-corrected chi connectivity index (χ1v) is 11.1. The number of nitrogens with one attached hydrogen (secondary N) is 1. The molecule has 1 N–H and O–H groups in total. The van der Waals surface area contributed by atoms with Gasteiger partial charge in [-0.2, -0.15) is 0 Å². The summed E-state index contributed by atoms with van der Waals surface area (Å²) in [5.41, 5.74) is 6.42. The van der Waals surface area contributed by atoms with E-state index >= 15 is 0 Å². The molecule has 2 aliphatic rings. The van der Waals surface area contributed by atoms with Gasteiger partial charge in [-0.25, -0.2) is 4.98 Å². The molecule has 5 rings (SSSR count). The zero-order valence-corrected chi connectivity index (χ0v) is 18.3. The molecule has 0 saturated carbocycles. The van der Waals surface area contributed by atoms with Gasteiger partial charge in [0.15, 0.2) is 5.78 Å². The maximum Gasteiger partial charge on any atom is 0.165 e. The second kappa shape index (κ2) is 7.97. The predicted molar refractivity (Wildman–Crippen MR) is 123 cm³/mol. The van der Waals surface area contributed by atoms with Crippen molar-refractivity contribution >= 4 is 11.6 Å². The Balaban J connectivity index is 1.60. The van der Waals surface area contributed by atoms with Gasteiger partial charge in [0.05, 0.1) is 18.9 Å². The van der Waals surface area contributed by atoms with Crippen LogP contribution in [0, 0.1) is 5.41 Å². The van der Waals surface area contributed by atoms with Crippen molar-refractivity contribution in [3.8, 4) is 11.3 Å². The third-order valence-corrected chi connectivity index (χ3v) is 6.35. The summed E-state index contributed by atoms with van der Waals surface area (Å²) in [6.07, 6.45) is 4.09. The Morgan fingerprint density at radius 2 is 1.87 bits per heavy atom. The van der Waals surface area contributed by atoms with Crippen LogP contribution in [-0.4, -0.2) is 42.1 Å². The first kappa shape index (κ1) is 20.0. The van der Waals surface area contributed by atoms with Gasteiger partial charge in [0.2, 0.25) is 0 Å². The lowest BCUT2D eigenvalue weighted by Crippen LogP contribution is -2.36. The highest BCUT2D eigenvalue weighted by atomic mass is 16.5. The summed E-state index contributed by atoms with van der Waals surface area (Å²) in [4.78, 5) is 23.8. The fraction of sp³-hybridized carbons (Fsp3) is 0.385. The van der Waals surface area contributed by atoms with Crippen LogP contribution in [0.5, 0.6) is 0 Å². The second-order valence-corrected chi connectivity index (χ2v) is 9.44. The molecule has 0 amide bonds. The van der Waals surface area contributed by atoms with Gasteiger partial charge in [0.25, 0.3) is 0 Å². The van der Waals surface area contributed by atoms with Gasteiger partial charge in [-0.15, -0.1) is 0 Å². The number of rotatable bonds is 4. The minimum Gasteiger partial charge on any atom is -0.378 e. The molecule has 5 nitrogen and oxygen atoms in total. The average molecular weight is 416 g/mol. The van der Waals surface area contributed by atoms with Gasteiger partial charge >= 0.3 is 0 Å². The van der Waals surface area contributed by atoms with Crippen LogP contribution in [-0.2, 0) is 17.6 Å². The van der Waals surface area contributed by atoms with Crippen molar-refractivity contribution in [3.63, 3.8) is 0 Å². The van der Waals surface area contributed by atoms with E-state index in [4.69, 9.17) is 4.74 Å². The monoisotopic (exact) mass is 415 g/mol. The number of pyridine rings is 1. The van der Waals surface area contributed by atoms with Crippen molar-refractivity contribution in [2.24, 2.45) is 5.41 Å². The summed E-state index contributed by atoms with van der Waals surface area (Å²) in [6.45, 7) is 7.50. The van der Waals surface area contributed by atoms with E-state index in [9.17, 15) is 4.79 Å². The molecule has 1 fully saturated rings. The number of benzene rings is 1. The number of nitrogens with zero attached hydrogens (tertiary/aromatic N) is 2.